The topological polar surface area (TPSA) is 93.9 Å². The average Bonchev–Trinajstić information content (AvgIpc) is 2.94. The van der Waals surface area contributed by atoms with Gasteiger partial charge in [-0.2, -0.15) is 0 Å². The number of rotatable bonds is 6. The third-order valence-corrected chi connectivity index (χ3v) is 6.66. The van der Waals surface area contributed by atoms with Gasteiger partial charge in [-0.1, -0.05) is 6.42 Å². The molecule has 0 aliphatic carbocycles. The lowest BCUT2D eigenvalue weighted by atomic mass is 9.77. The van der Waals surface area contributed by atoms with Gasteiger partial charge in [-0.3, -0.25) is 14.5 Å². The first-order valence-corrected chi connectivity index (χ1v) is 10.3. The van der Waals surface area contributed by atoms with Gasteiger partial charge >= 0.3 is 7.12 Å². The number of hydrogen-bond acceptors (Lipinski definition) is 5. The average molecular weight is 395 g/mol. The first-order chi connectivity index (χ1) is 12.6. The fourth-order valence-electron chi connectivity index (χ4n) is 4.18. The second kappa shape index (κ2) is 7.61. The summed E-state index contributed by atoms with van der Waals surface area (Å²) in [5, 5.41) is 2.89. The molecule has 2 aliphatic rings. The predicted molar refractivity (Wildman–Crippen MR) is 111 cm³/mol. The van der Waals surface area contributed by atoms with Crippen LogP contribution in [0.25, 0.3) is 0 Å². The molecule has 0 saturated carbocycles. The van der Waals surface area contributed by atoms with Gasteiger partial charge in [0, 0.05) is 31.5 Å². The maximum absolute atomic E-state index is 12.5. The molecule has 0 aromatic heterocycles. The van der Waals surface area contributed by atoms with Crippen molar-refractivity contribution >= 4 is 18.9 Å². The van der Waals surface area contributed by atoms with Crippen molar-refractivity contribution in [2.75, 3.05) is 13.1 Å². The zero-order valence-electron chi connectivity index (χ0n) is 18.8. The maximum Gasteiger partial charge on any atom is 0.457 e. The Hall–Kier alpha value is -1.12. The smallest absolute Gasteiger partial charge is 0.403 e. The van der Waals surface area contributed by atoms with Crippen LogP contribution in [-0.4, -0.2) is 59.2 Å². The number of carbonyl (C=O) groups is 2. The van der Waals surface area contributed by atoms with E-state index in [1.54, 1.807) is 0 Å². The molecule has 2 fully saturated rings. The minimum absolute atomic E-state index is 0.0458. The van der Waals surface area contributed by atoms with Crippen LogP contribution in [0.3, 0.4) is 0 Å². The number of nitrogens with two attached hydrogens (primary N) is 1. The normalized spacial score (nSPS) is 29.9. The largest absolute Gasteiger partial charge is 0.457 e. The minimum atomic E-state index is -1.03. The highest BCUT2D eigenvalue weighted by atomic mass is 16.7. The number of hydrogen-bond donors (Lipinski definition) is 2. The molecule has 28 heavy (non-hydrogen) atoms. The van der Waals surface area contributed by atoms with Gasteiger partial charge in [-0.05, 0) is 61.2 Å². The Labute approximate surface area is 170 Å². The molecule has 0 unspecified atom stereocenters. The fourth-order valence-corrected chi connectivity index (χ4v) is 4.18. The van der Waals surface area contributed by atoms with Gasteiger partial charge in [0.2, 0.25) is 11.8 Å². The standard InChI is InChI=1S/C20H38BN3O4/c1-14(25)23-20(16(22)26)13-24(17(2,3)4)12-15(20)10-9-11-21-27-18(5,6)19(7,8)28-21/h15H,9-13H2,1-8H3,(H2,22,26)(H,23,25)/t15-,20-/m0/s1. The van der Waals surface area contributed by atoms with Gasteiger partial charge in [0.15, 0.2) is 0 Å². The Morgan fingerprint density at radius 2 is 1.71 bits per heavy atom. The van der Waals surface area contributed by atoms with Crippen molar-refractivity contribution < 1.29 is 18.9 Å². The molecule has 3 N–H and O–H groups in total. The Kier molecular flexibility index (Phi) is 6.30. The van der Waals surface area contributed by atoms with Crippen molar-refractivity contribution in [2.45, 2.75) is 96.8 Å². The third kappa shape index (κ3) is 4.55. The number of nitrogens with one attached hydrogen (secondary N) is 1. The molecule has 2 saturated heterocycles. The van der Waals surface area contributed by atoms with Crippen LogP contribution in [0.1, 0.15) is 68.2 Å². The maximum atomic E-state index is 12.5. The lowest BCUT2D eigenvalue weighted by Gasteiger charge is -2.34. The predicted octanol–water partition coefficient (Wildman–Crippen LogP) is 1.95. The molecule has 2 aliphatic heterocycles. The summed E-state index contributed by atoms with van der Waals surface area (Å²) >= 11 is 0. The third-order valence-electron chi connectivity index (χ3n) is 6.66. The molecule has 7 nitrogen and oxygen atoms in total. The first kappa shape index (κ1) is 23.2. The second-order valence-electron chi connectivity index (χ2n) is 10.4. The fraction of sp³-hybridized carbons (Fsp3) is 0.900. The molecule has 8 heteroatoms. The van der Waals surface area contributed by atoms with Gasteiger partial charge < -0.3 is 20.4 Å². The summed E-state index contributed by atoms with van der Waals surface area (Å²) in [6.45, 7) is 17.1. The Morgan fingerprint density at radius 1 is 1.18 bits per heavy atom. The monoisotopic (exact) mass is 395 g/mol. The van der Waals surface area contributed by atoms with Gasteiger partial charge in [-0.15, -0.1) is 0 Å². The van der Waals surface area contributed by atoms with E-state index < -0.39 is 11.4 Å². The van der Waals surface area contributed by atoms with Crippen molar-refractivity contribution in [3.8, 4) is 0 Å². The zero-order valence-corrected chi connectivity index (χ0v) is 18.8. The first-order valence-electron chi connectivity index (χ1n) is 10.3. The molecule has 2 heterocycles. The number of likely N-dealkylation sites (tertiary alicyclic amines) is 1. The van der Waals surface area contributed by atoms with Crippen molar-refractivity contribution in [2.24, 2.45) is 11.7 Å². The van der Waals surface area contributed by atoms with Crippen molar-refractivity contribution in [1.29, 1.82) is 0 Å². The van der Waals surface area contributed by atoms with Gasteiger partial charge in [0.05, 0.1) is 11.2 Å². The van der Waals surface area contributed by atoms with Gasteiger partial charge in [0.25, 0.3) is 0 Å². The summed E-state index contributed by atoms with van der Waals surface area (Å²) < 4.78 is 12.1. The molecule has 2 atom stereocenters. The van der Waals surface area contributed by atoms with E-state index in [1.807, 2.05) is 27.7 Å². The SMILES string of the molecule is CC(=O)N[C@@]1(C(N)=O)CN(C(C)(C)C)C[C@@H]1CCCB1OC(C)(C)C(C)(C)O1. The van der Waals surface area contributed by atoms with E-state index in [2.05, 4.69) is 31.0 Å². The second-order valence-corrected chi connectivity index (χ2v) is 10.4. The van der Waals surface area contributed by atoms with Crippen LogP contribution in [0.15, 0.2) is 0 Å². The molecular weight excluding hydrogens is 357 g/mol. The zero-order chi connectivity index (χ0) is 21.5. The molecule has 0 aromatic carbocycles. The van der Waals surface area contributed by atoms with E-state index in [9.17, 15) is 9.59 Å². The number of primary amides is 1. The number of amides is 2. The van der Waals surface area contributed by atoms with E-state index in [0.717, 1.165) is 25.7 Å². The van der Waals surface area contributed by atoms with Crippen LogP contribution < -0.4 is 11.1 Å². The highest BCUT2D eigenvalue weighted by Crippen LogP contribution is 2.39. The quantitative estimate of drug-likeness (QED) is 0.671. The van der Waals surface area contributed by atoms with E-state index in [1.165, 1.54) is 6.92 Å². The van der Waals surface area contributed by atoms with E-state index in [4.69, 9.17) is 15.0 Å². The van der Waals surface area contributed by atoms with Crippen LogP contribution in [0.2, 0.25) is 6.32 Å². The van der Waals surface area contributed by atoms with Crippen molar-refractivity contribution in [1.82, 2.24) is 10.2 Å². The summed E-state index contributed by atoms with van der Waals surface area (Å²) in [6, 6.07) is 0. The lowest BCUT2D eigenvalue weighted by Crippen LogP contribution is -2.62. The Morgan fingerprint density at radius 3 is 2.14 bits per heavy atom. The highest BCUT2D eigenvalue weighted by molar-refractivity contribution is 6.45. The summed E-state index contributed by atoms with van der Waals surface area (Å²) in [5.74, 6) is -0.740. The van der Waals surface area contributed by atoms with E-state index in [-0.39, 0.29) is 35.7 Å². The molecule has 2 amide bonds. The van der Waals surface area contributed by atoms with E-state index >= 15 is 0 Å². The molecule has 160 valence electrons. The minimum Gasteiger partial charge on any atom is -0.403 e. The van der Waals surface area contributed by atoms with Crippen molar-refractivity contribution in [3.63, 3.8) is 0 Å². The molecule has 0 spiro atoms. The number of nitrogens with zero attached hydrogens (tertiary/aromatic N) is 1. The van der Waals surface area contributed by atoms with Gasteiger partial charge in [-0.25, -0.2) is 0 Å². The molecule has 0 bridgehead atoms. The van der Waals surface area contributed by atoms with E-state index in [0.29, 0.717) is 6.54 Å². The summed E-state index contributed by atoms with van der Waals surface area (Å²) in [4.78, 5) is 26.6. The molecule has 2 rings (SSSR count). The molecule has 0 aromatic rings. The molecule has 0 radical (unpaired) electrons. The lowest BCUT2D eigenvalue weighted by molar-refractivity contribution is -0.132. The number of carbonyl (C=O) groups excluding carboxylic acids is 2. The Balaban J connectivity index is 2.08. The van der Waals surface area contributed by atoms with Crippen LogP contribution in [-0.2, 0) is 18.9 Å². The van der Waals surface area contributed by atoms with Crippen LogP contribution in [0.5, 0.6) is 0 Å². The summed E-state index contributed by atoms with van der Waals surface area (Å²) in [6.07, 6.45) is 2.34. The van der Waals surface area contributed by atoms with Crippen LogP contribution >= 0.6 is 0 Å². The van der Waals surface area contributed by atoms with Gasteiger partial charge in [0.1, 0.15) is 5.54 Å². The Bertz CT molecular complexity index is 601. The van der Waals surface area contributed by atoms with Crippen LogP contribution in [0, 0.1) is 5.92 Å². The van der Waals surface area contributed by atoms with Crippen molar-refractivity contribution in [3.05, 3.63) is 0 Å². The summed E-state index contributed by atoms with van der Waals surface area (Å²) in [5.41, 5.74) is 3.98. The van der Waals surface area contributed by atoms with Crippen LogP contribution in [0.4, 0.5) is 0 Å². The summed E-state index contributed by atoms with van der Waals surface area (Å²) in [7, 11) is -0.256. The highest BCUT2D eigenvalue weighted by Gasteiger charge is 2.54. The molecular formula is C20H38BN3O4.